The lowest BCUT2D eigenvalue weighted by molar-refractivity contribution is 0.420. The summed E-state index contributed by atoms with van der Waals surface area (Å²) in [5.74, 6) is 0.898. The van der Waals surface area contributed by atoms with Gasteiger partial charge in [0, 0.05) is 27.7 Å². The summed E-state index contributed by atoms with van der Waals surface area (Å²) < 4.78 is 5.66. The van der Waals surface area contributed by atoms with Crippen molar-refractivity contribution in [2.24, 2.45) is 0 Å². The number of aryl methyl sites for hydroxylation is 1. The highest BCUT2D eigenvalue weighted by molar-refractivity contribution is 6.22. The summed E-state index contributed by atoms with van der Waals surface area (Å²) in [7, 11) is 1.73. The van der Waals surface area contributed by atoms with Crippen LogP contribution in [0.4, 0.5) is 0 Å². The standard InChI is InChI=1S/C28H21NO/c1-17-11-13-20(21-8-4-3-7-19(17)21)18-12-14-24-25(15-18)29-26-16-27(30-2)22-9-5-6-10-23(22)28(24)26/h3-16,29H,1-2H3. The second-order valence-corrected chi connectivity index (χ2v) is 7.91. The molecule has 0 saturated carbocycles. The van der Waals surface area contributed by atoms with Crippen molar-refractivity contribution in [1.29, 1.82) is 0 Å². The summed E-state index contributed by atoms with van der Waals surface area (Å²) >= 11 is 0. The van der Waals surface area contributed by atoms with Crippen LogP contribution in [0.25, 0.3) is 54.5 Å². The van der Waals surface area contributed by atoms with E-state index in [9.17, 15) is 0 Å². The van der Waals surface area contributed by atoms with Crippen LogP contribution in [0.5, 0.6) is 5.75 Å². The van der Waals surface area contributed by atoms with Gasteiger partial charge >= 0.3 is 0 Å². The number of fused-ring (bicyclic) bond motifs is 6. The number of nitrogens with one attached hydrogen (secondary N) is 1. The van der Waals surface area contributed by atoms with E-state index in [0.29, 0.717) is 0 Å². The first kappa shape index (κ1) is 17.1. The molecule has 0 aliphatic heterocycles. The van der Waals surface area contributed by atoms with Gasteiger partial charge < -0.3 is 9.72 Å². The van der Waals surface area contributed by atoms with Crippen molar-refractivity contribution in [1.82, 2.24) is 4.98 Å². The van der Waals surface area contributed by atoms with Gasteiger partial charge in [0.2, 0.25) is 0 Å². The van der Waals surface area contributed by atoms with E-state index in [4.69, 9.17) is 4.74 Å². The van der Waals surface area contributed by atoms with Gasteiger partial charge in [-0.3, -0.25) is 0 Å². The first-order valence-electron chi connectivity index (χ1n) is 10.2. The topological polar surface area (TPSA) is 25.0 Å². The molecule has 0 radical (unpaired) electrons. The van der Waals surface area contributed by atoms with E-state index in [0.717, 1.165) is 22.2 Å². The van der Waals surface area contributed by atoms with Gasteiger partial charge in [0.1, 0.15) is 5.75 Å². The molecule has 0 aliphatic carbocycles. The Balaban J connectivity index is 1.66. The minimum atomic E-state index is 0.898. The molecule has 0 saturated heterocycles. The number of aromatic amines is 1. The number of hydrogen-bond acceptors (Lipinski definition) is 1. The van der Waals surface area contributed by atoms with Crippen LogP contribution in [0.1, 0.15) is 5.56 Å². The molecule has 2 heteroatoms. The summed E-state index contributed by atoms with van der Waals surface area (Å²) in [6, 6.07) is 30.4. The predicted molar refractivity (Wildman–Crippen MR) is 128 cm³/mol. The third-order valence-corrected chi connectivity index (χ3v) is 6.24. The molecule has 5 aromatic carbocycles. The van der Waals surface area contributed by atoms with Crippen molar-refractivity contribution in [2.75, 3.05) is 7.11 Å². The van der Waals surface area contributed by atoms with E-state index in [2.05, 4.69) is 96.8 Å². The predicted octanol–water partition coefficient (Wildman–Crippen LogP) is 7.61. The molecule has 30 heavy (non-hydrogen) atoms. The number of aromatic nitrogens is 1. The van der Waals surface area contributed by atoms with Crippen molar-refractivity contribution in [3.63, 3.8) is 0 Å². The lowest BCUT2D eigenvalue weighted by atomic mass is 9.94. The quantitative estimate of drug-likeness (QED) is 0.325. The van der Waals surface area contributed by atoms with Crippen LogP contribution < -0.4 is 4.74 Å². The zero-order chi connectivity index (χ0) is 20.2. The Morgan fingerprint density at radius 1 is 0.633 bits per heavy atom. The van der Waals surface area contributed by atoms with Crippen LogP contribution in [0.3, 0.4) is 0 Å². The number of methoxy groups -OCH3 is 1. The summed E-state index contributed by atoms with van der Waals surface area (Å²) in [5, 5.41) is 7.45. The van der Waals surface area contributed by atoms with Crippen molar-refractivity contribution in [2.45, 2.75) is 6.92 Å². The molecule has 0 atom stereocenters. The molecule has 1 N–H and O–H groups in total. The molecule has 2 nitrogen and oxygen atoms in total. The molecule has 6 rings (SSSR count). The number of H-pyrrole nitrogens is 1. The third-order valence-electron chi connectivity index (χ3n) is 6.24. The fourth-order valence-electron chi connectivity index (χ4n) is 4.78. The van der Waals surface area contributed by atoms with Gasteiger partial charge in [-0.25, -0.2) is 0 Å². The van der Waals surface area contributed by atoms with Gasteiger partial charge in [0.25, 0.3) is 0 Å². The number of hydrogen-bond donors (Lipinski definition) is 1. The fourth-order valence-corrected chi connectivity index (χ4v) is 4.78. The van der Waals surface area contributed by atoms with Crippen molar-refractivity contribution in [3.05, 3.63) is 90.5 Å². The van der Waals surface area contributed by atoms with Crippen LogP contribution in [0.2, 0.25) is 0 Å². The van der Waals surface area contributed by atoms with E-state index in [1.54, 1.807) is 7.11 Å². The average molecular weight is 387 g/mol. The van der Waals surface area contributed by atoms with Crippen LogP contribution in [0, 0.1) is 6.92 Å². The molecule has 0 fully saturated rings. The summed E-state index contributed by atoms with van der Waals surface area (Å²) in [4.78, 5) is 3.63. The Kier molecular flexibility index (Phi) is 3.63. The van der Waals surface area contributed by atoms with E-state index >= 15 is 0 Å². The Bertz CT molecular complexity index is 1590. The SMILES string of the molecule is COc1cc2[nH]c3cc(-c4ccc(C)c5ccccc45)ccc3c2c2ccccc12. The summed E-state index contributed by atoms with van der Waals surface area (Å²) in [6.07, 6.45) is 0. The Morgan fingerprint density at radius 2 is 1.37 bits per heavy atom. The second kappa shape index (κ2) is 6.36. The van der Waals surface area contributed by atoms with Crippen LogP contribution in [0.15, 0.2) is 84.9 Å². The monoisotopic (exact) mass is 387 g/mol. The van der Waals surface area contributed by atoms with Gasteiger partial charge in [-0.2, -0.15) is 0 Å². The van der Waals surface area contributed by atoms with E-state index in [1.807, 2.05) is 0 Å². The van der Waals surface area contributed by atoms with Gasteiger partial charge in [0.15, 0.2) is 0 Å². The zero-order valence-corrected chi connectivity index (χ0v) is 17.0. The molecule has 0 aliphatic rings. The minimum absolute atomic E-state index is 0.898. The van der Waals surface area contributed by atoms with Crippen LogP contribution in [-0.4, -0.2) is 12.1 Å². The zero-order valence-electron chi connectivity index (χ0n) is 17.0. The maximum atomic E-state index is 5.66. The molecular weight excluding hydrogens is 366 g/mol. The normalized spacial score (nSPS) is 11.7. The highest BCUT2D eigenvalue weighted by atomic mass is 16.5. The summed E-state index contributed by atoms with van der Waals surface area (Å²) in [5.41, 5.74) is 6.04. The molecule has 144 valence electrons. The largest absolute Gasteiger partial charge is 0.496 e. The molecule has 1 aromatic heterocycles. The highest BCUT2D eigenvalue weighted by Gasteiger charge is 2.13. The van der Waals surface area contributed by atoms with Crippen molar-refractivity contribution < 1.29 is 4.74 Å². The number of rotatable bonds is 2. The minimum Gasteiger partial charge on any atom is -0.496 e. The van der Waals surface area contributed by atoms with Gasteiger partial charge in [0.05, 0.1) is 12.6 Å². The smallest absolute Gasteiger partial charge is 0.128 e. The summed E-state index contributed by atoms with van der Waals surface area (Å²) in [6.45, 7) is 2.17. The molecule has 0 amide bonds. The number of benzene rings is 5. The van der Waals surface area contributed by atoms with Crippen LogP contribution in [-0.2, 0) is 0 Å². The maximum absolute atomic E-state index is 5.66. The Hall–Kier alpha value is -3.78. The van der Waals surface area contributed by atoms with Gasteiger partial charge in [-0.05, 0) is 45.8 Å². The van der Waals surface area contributed by atoms with Crippen molar-refractivity contribution in [3.8, 4) is 16.9 Å². The molecule has 1 heterocycles. The Labute approximate surface area is 174 Å². The van der Waals surface area contributed by atoms with Crippen LogP contribution >= 0.6 is 0 Å². The Morgan fingerprint density at radius 3 is 2.17 bits per heavy atom. The first-order chi connectivity index (χ1) is 14.7. The van der Waals surface area contributed by atoms with Crippen molar-refractivity contribution >= 4 is 43.4 Å². The lowest BCUT2D eigenvalue weighted by Gasteiger charge is -2.10. The fraction of sp³-hybridized carbons (Fsp3) is 0.0714. The second-order valence-electron chi connectivity index (χ2n) is 7.91. The molecule has 6 aromatic rings. The van der Waals surface area contributed by atoms with Gasteiger partial charge in [-0.1, -0.05) is 72.8 Å². The average Bonchev–Trinajstić information content (AvgIpc) is 3.16. The van der Waals surface area contributed by atoms with E-state index in [1.165, 1.54) is 43.6 Å². The highest BCUT2D eigenvalue weighted by Crippen LogP contribution is 2.39. The molecular formula is C28H21NO. The van der Waals surface area contributed by atoms with Gasteiger partial charge in [-0.15, -0.1) is 0 Å². The molecule has 0 bridgehead atoms. The molecule has 0 spiro atoms. The third kappa shape index (κ3) is 2.37. The van der Waals surface area contributed by atoms with E-state index in [-0.39, 0.29) is 0 Å². The lowest BCUT2D eigenvalue weighted by Crippen LogP contribution is -1.85. The molecule has 0 unspecified atom stereocenters. The first-order valence-corrected chi connectivity index (χ1v) is 10.2. The number of ether oxygens (including phenoxy) is 1. The maximum Gasteiger partial charge on any atom is 0.128 e. The van der Waals surface area contributed by atoms with E-state index < -0.39 is 0 Å².